The van der Waals surface area contributed by atoms with Crippen molar-refractivity contribution in [1.82, 2.24) is 4.72 Å². The molecule has 1 atom stereocenters. The van der Waals surface area contributed by atoms with Crippen LogP contribution >= 0.6 is 0 Å². The van der Waals surface area contributed by atoms with Gasteiger partial charge in [-0.1, -0.05) is 0 Å². The Morgan fingerprint density at radius 3 is 2.53 bits per heavy atom. The number of aryl methyl sites for hydroxylation is 1. The molecular formula is C11H18N2O3S. The highest BCUT2D eigenvalue weighted by molar-refractivity contribution is 7.89. The van der Waals surface area contributed by atoms with Crippen LogP contribution < -0.4 is 10.5 Å². The van der Waals surface area contributed by atoms with Crippen molar-refractivity contribution in [3.8, 4) is 0 Å². The second-order valence-corrected chi connectivity index (χ2v) is 5.86. The first-order chi connectivity index (χ1) is 7.77. The van der Waals surface area contributed by atoms with Crippen LogP contribution in [0.1, 0.15) is 18.1 Å². The molecule has 0 radical (unpaired) electrons. The highest BCUT2D eigenvalue weighted by atomic mass is 32.2. The number of nitrogen functional groups attached to an aromatic ring is 1. The van der Waals surface area contributed by atoms with E-state index >= 15 is 0 Å². The minimum Gasteiger partial charge on any atom is -0.398 e. The van der Waals surface area contributed by atoms with Crippen LogP contribution in [0.3, 0.4) is 0 Å². The van der Waals surface area contributed by atoms with E-state index in [9.17, 15) is 8.42 Å². The average molecular weight is 258 g/mol. The van der Waals surface area contributed by atoms with Gasteiger partial charge in [0, 0.05) is 11.7 Å². The van der Waals surface area contributed by atoms with Gasteiger partial charge < -0.3 is 10.8 Å². The number of anilines is 1. The van der Waals surface area contributed by atoms with Crippen LogP contribution in [0.25, 0.3) is 0 Å². The lowest BCUT2D eigenvalue weighted by atomic mass is 10.1. The zero-order valence-corrected chi connectivity index (χ0v) is 11.0. The molecule has 4 N–H and O–H groups in total. The molecule has 0 aliphatic rings. The summed E-state index contributed by atoms with van der Waals surface area (Å²) in [6.07, 6.45) is 0. The Morgan fingerprint density at radius 2 is 2.00 bits per heavy atom. The van der Waals surface area contributed by atoms with Gasteiger partial charge in [0.25, 0.3) is 0 Å². The van der Waals surface area contributed by atoms with Gasteiger partial charge in [-0.25, -0.2) is 13.1 Å². The first-order valence-electron chi connectivity index (χ1n) is 5.28. The standard InChI is InChI=1S/C11H18N2O3S/c1-7-4-10(12)9(3)11(5-7)17(15,16)13-8(2)6-14/h4-5,8,13-14H,6,12H2,1-3H3. The molecule has 6 heteroatoms. The molecule has 0 amide bonds. The van der Waals surface area contributed by atoms with E-state index in [0.717, 1.165) is 5.56 Å². The van der Waals surface area contributed by atoms with Gasteiger partial charge in [0.05, 0.1) is 11.5 Å². The summed E-state index contributed by atoms with van der Waals surface area (Å²) >= 11 is 0. The number of rotatable bonds is 4. The highest BCUT2D eigenvalue weighted by Gasteiger charge is 2.20. The van der Waals surface area contributed by atoms with Crippen molar-refractivity contribution in [2.24, 2.45) is 0 Å². The predicted molar refractivity (Wildman–Crippen MR) is 67.2 cm³/mol. The molecule has 5 nitrogen and oxygen atoms in total. The Balaban J connectivity index is 3.24. The van der Waals surface area contributed by atoms with Crippen molar-refractivity contribution < 1.29 is 13.5 Å². The smallest absolute Gasteiger partial charge is 0.241 e. The van der Waals surface area contributed by atoms with Crippen LogP contribution in [0, 0.1) is 13.8 Å². The number of nitrogens with one attached hydrogen (secondary N) is 1. The SMILES string of the molecule is Cc1cc(N)c(C)c(S(=O)(=O)NC(C)CO)c1. The Labute approximate surface area is 102 Å². The molecule has 1 aromatic rings. The van der Waals surface area contributed by atoms with Crippen LogP contribution in [0.2, 0.25) is 0 Å². The van der Waals surface area contributed by atoms with Gasteiger partial charge in [-0.2, -0.15) is 0 Å². The van der Waals surface area contributed by atoms with Gasteiger partial charge >= 0.3 is 0 Å². The molecule has 17 heavy (non-hydrogen) atoms. The molecule has 0 bridgehead atoms. The largest absolute Gasteiger partial charge is 0.398 e. The molecule has 0 spiro atoms. The number of hydrogen-bond acceptors (Lipinski definition) is 4. The summed E-state index contributed by atoms with van der Waals surface area (Å²) in [5, 5.41) is 8.87. The second-order valence-electron chi connectivity index (χ2n) is 4.18. The molecule has 1 unspecified atom stereocenters. The van der Waals surface area contributed by atoms with Gasteiger partial charge in [-0.3, -0.25) is 0 Å². The van der Waals surface area contributed by atoms with Crippen LogP contribution in [0.15, 0.2) is 17.0 Å². The summed E-state index contributed by atoms with van der Waals surface area (Å²) in [6.45, 7) is 4.78. The molecule has 1 rings (SSSR count). The Kier molecular flexibility index (Phi) is 4.13. The maximum Gasteiger partial charge on any atom is 0.241 e. The van der Waals surface area contributed by atoms with Gasteiger partial charge in [0.2, 0.25) is 10.0 Å². The van der Waals surface area contributed by atoms with Crippen LogP contribution in [-0.4, -0.2) is 26.2 Å². The number of aliphatic hydroxyl groups excluding tert-OH is 1. The second kappa shape index (κ2) is 5.03. The Morgan fingerprint density at radius 1 is 1.41 bits per heavy atom. The maximum atomic E-state index is 12.0. The fraction of sp³-hybridized carbons (Fsp3) is 0.455. The third kappa shape index (κ3) is 3.18. The highest BCUT2D eigenvalue weighted by Crippen LogP contribution is 2.22. The lowest BCUT2D eigenvalue weighted by Crippen LogP contribution is -2.35. The summed E-state index contributed by atoms with van der Waals surface area (Å²) in [7, 11) is -3.64. The van der Waals surface area contributed by atoms with Crippen molar-refractivity contribution in [1.29, 1.82) is 0 Å². The molecule has 1 aromatic carbocycles. The van der Waals surface area contributed by atoms with Gasteiger partial charge in [-0.05, 0) is 44.0 Å². The van der Waals surface area contributed by atoms with E-state index in [-0.39, 0.29) is 11.5 Å². The fourth-order valence-corrected chi connectivity index (χ4v) is 3.09. The zero-order chi connectivity index (χ0) is 13.2. The molecule has 0 saturated heterocycles. The topological polar surface area (TPSA) is 92.4 Å². The fourth-order valence-electron chi connectivity index (χ4n) is 1.50. The summed E-state index contributed by atoms with van der Waals surface area (Å²) in [5.74, 6) is 0. The Hall–Kier alpha value is -1.11. The summed E-state index contributed by atoms with van der Waals surface area (Å²) < 4.78 is 26.5. The number of hydrogen-bond donors (Lipinski definition) is 3. The van der Waals surface area contributed by atoms with Crippen LogP contribution in [-0.2, 0) is 10.0 Å². The minimum absolute atomic E-state index is 0.162. The molecule has 0 saturated carbocycles. The van der Waals surface area contributed by atoms with Crippen molar-refractivity contribution in [3.05, 3.63) is 23.3 Å². The lowest BCUT2D eigenvalue weighted by molar-refractivity contribution is 0.265. The third-order valence-electron chi connectivity index (χ3n) is 2.46. The quantitative estimate of drug-likeness (QED) is 0.687. The van der Waals surface area contributed by atoms with Gasteiger partial charge in [0.15, 0.2) is 0 Å². The van der Waals surface area contributed by atoms with Crippen molar-refractivity contribution in [2.75, 3.05) is 12.3 Å². The van der Waals surface area contributed by atoms with Crippen molar-refractivity contribution >= 4 is 15.7 Å². The first-order valence-corrected chi connectivity index (χ1v) is 6.76. The summed E-state index contributed by atoms with van der Waals surface area (Å²) in [6, 6.07) is 2.77. The van der Waals surface area contributed by atoms with E-state index in [0.29, 0.717) is 11.3 Å². The molecule has 0 aliphatic heterocycles. The molecular weight excluding hydrogens is 240 g/mol. The lowest BCUT2D eigenvalue weighted by Gasteiger charge is -2.15. The van der Waals surface area contributed by atoms with E-state index in [2.05, 4.69) is 4.72 Å². The molecule has 0 heterocycles. The Bertz CT molecular complexity index is 512. The molecule has 0 aromatic heterocycles. The number of nitrogens with two attached hydrogens (primary N) is 1. The molecule has 0 aliphatic carbocycles. The monoisotopic (exact) mass is 258 g/mol. The number of aliphatic hydroxyl groups is 1. The van der Waals surface area contributed by atoms with E-state index in [1.807, 2.05) is 0 Å². The van der Waals surface area contributed by atoms with Crippen molar-refractivity contribution in [3.63, 3.8) is 0 Å². The molecule has 0 fully saturated rings. The zero-order valence-electron chi connectivity index (χ0n) is 10.2. The average Bonchev–Trinajstić information content (AvgIpc) is 2.22. The van der Waals surface area contributed by atoms with E-state index in [4.69, 9.17) is 10.8 Å². The normalized spacial score (nSPS) is 13.6. The molecule has 96 valence electrons. The van der Waals surface area contributed by atoms with E-state index < -0.39 is 16.1 Å². The van der Waals surface area contributed by atoms with Crippen LogP contribution in [0.4, 0.5) is 5.69 Å². The van der Waals surface area contributed by atoms with Gasteiger partial charge in [-0.15, -0.1) is 0 Å². The number of sulfonamides is 1. The summed E-state index contributed by atoms with van der Waals surface area (Å²) in [5.41, 5.74) is 7.49. The van der Waals surface area contributed by atoms with Crippen LogP contribution in [0.5, 0.6) is 0 Å². The van der Waals surface area contributed by atoms with Gasteiger partial charge in [0.1, 0.15) is 0 Å². The predicted octanol–water partition coefficient (Wildman–Crippen LogP) is 0.545. The van der Waals surface area contributed by atoms with E-state index in [1.54, 1.807) is 32.9 Å². The maximum absolute atomic E-state index is 12.0. The third-order valence-corrected chi connectivity index (χ3v) is 4.18. The minimum atomic E-state index is -3.64. The van der Waals surface area contributed by atoms with Crippen molar-refractivity contribution in [2.45, 2.75) is 31.7 Å². The van der Waals surface area contributed by atoms with E-state index in [1.165, 1.54) is 0 Å². The first kappa shape index (κ1) is 14.0. The summed E-state index contributed by atoms with van der Waals surface area (Å²) in [4.78, 5) is 0.162. The number of benzene rings is 1.